The first-order valence-electron chi connectivity index (χ1n) is 7.17. The molecule has 2 nitrogen and oxygen atoms in total. The van der Waals surface area contributed by atoms with Gasteiger partial charge in [0.05, 0.1) is 6.04 Å². The third-order valence-electron chi connectivity index (χ3n) is 5.00. The second-order valence-electron chi connectivity index (χ2n) is 6.13. The van der Waals surface area contributed by atoms with Gasteiger partial charge >= 0.3 is 0 Å². The molecule has 0 aromatic carbocycles. The molecule has 4 rings (SSSR count). The van der Waals surface area contributed by atoms with Crippen LogP contribution in [0.5, 0.6) is 0 Å². The van der Waals surface area contributed by atoms with Gasteiger partial charge in [0.15, 0.2) is 0 Å². The van der Waals surface area contributed by atoms with Gasteiger partial charge in [-0.3, -0.25) is 4.79 Å². The van der Waals surface area contributed by atoms with Gasteiger partial charge in [0.25, 0.3) is 0 Å². The smallest absolute Gasteiger partial charge is 0.226 e. The fourth-order valence-corrected chi connectivity index (χ4v) is 4.83. The molecule has 0 N–H and O–H groups in total. The molecule has 3 fully saturated rings. The maximum absolute atomic E-state index is 12.6. The normalized spacial score (nSPS) is 37.9. The minimum Gasteiger partial charge on any atom is -0.335 e. The number of fused-ring (bicyclic) bond motifs is 1. The van der Waals surface area contributed by atoms with Gasteiger partial charge < -0.3 is 4.90 Å². The summed E-state index contributed by atoms with van der Waals surface area (Å²) in [6, 6.07) is 4.67. The number of thiophene rings is 1. The first-order valence-corrected chi connectivity index (χ1v) is 8.05. The van der Waals surface area contributed by atoms with E-state index in [2.05, 4.69) is 22.4 Å². The Kier molecular flexibility index (Phi) is 2.51. The molecule has 3 atom stereocenters. The lowest BCUT2D eigenvalue weighted by atomic mass is 10.0. The highest BCUT2D eigenvalue weighted by atomic mass is 32.1. The molecule has 0 radical (unpaired) electrons. The van der Waals surface area contributed by atoms with Crippen LogP contribution in [0, 0.1) is 17.8 Å². The molecule has 1 aromatic heterocycles. The predicted molar refractivity (Wildman–Crippen MR) is 72.3 cm³/mol. The topological polar surface area (TPSA) is 20.3 Å². The first kappa shape index (κ1) is 11.0. The first-order chi connectivity index (χ1) is 8.83. The van der Waals surface area contributed by atoms with Gasteiger partial charge in [0.1, 0.15) is 0 Å². The van der Waals surface area contributed by atoms with Crippen LogP contribution >= 0.6 is 11.3 Å². The number of likely N-dealkylation sites (tertiary alicyclic amines) is 1. The highest BCUT2D eigenvalue weighted by molar-refractivity contribution is 7.10. The van der Waals surface area contributed by atoms with Crippen LogP contribution in [-0.4, -0.2) is 17.4 Å². The Labute approximate surface area is 112 Å². The van der Waals surface area contributed by atoms with E-state index in [1.54, 1.807) is 11.3 Å². The third-order valence-corrected chi connectivity index (χ3v) is 5.97. The molecule has 96 valence electrons. The molecule has 18 heavy (non-hydrogen) atoms. The van der Waals surface area contributed by atoms with E-state index in [9.17, 15) is 4.79 Å². The van der Waals surface area contributed by atoms with Crippen LogP contribution in [0.3, 0.4) is 0 Å². The minimum absolute atomic E-state index is 0.356. The van der Waals surface area contributed by atoms with Crippen molar-refractivity contribution < 1.29 is 4.79 Å². The van der Waals surface area contributed by atoms with Crippen molar-refractivity contribution >= 4 is 17.2 Å². The molecule has 2 heterocycles. The molecule has 1 aliphatic heterocycles. The average molecular weight is 261 g/mol. The zero-order valence-electron chi connectivity index (χ0n) is 10.5. The van der Waals surface area contributed by atoms with Crippen molar-refractivity contribution in [3.8, 4) is 0 Å². The van der Waals surface area contributed by atoms with Gasteiger partial charge in [0.2, 0.25) is 5.91 Å². The summed E-state index contributed by atoms with van der Waals surface area (Å²) in [7, 11) is 0. The van der Waals surface area contributed by atoms with Crippen molar-refractivity contribution in [3.05, 3.63) is 22.4 Å². The number of rotatable bonds is 2. The molecular weight excluding hydrogens is 242 g/mol. The van der Waals surface area contributed by atoms with E-state index in [0.717, 1.165) is 24.8 Å². The Bertz CT molecular complexity index is 445. The van der Waals surface area contributed by atoms with Gasteiger partial charge in [-0.2, -0.15) is 0 Å². The lowest BCUT2D eigenvalue weighted by Gasteiger charge is -2.27. The largest absolute Gasteiger partial charge is 0.335 e. The molecule has 2 aliphatic carbocycles. The molecule has 1 amide bonds. The number of hydrogen-bond donors (Lipinski definition) is 0. The van der Waals surface area contributed by atoms with Crippen LogP contribution in [0.1, 0.15) is 43.0 Å². The highest BCUT2D eigenvalue weighted by Gasteiger charge is 2.49. The van der Waals surface area contributed by atoms with Crippen LogP contribution in [-0.2, 0) is 4.79 Å². The second kappa shape index (κ2) is 4.09. The van der Waals surface area contributed by atoms with Crippen molar-refractivity contribution in [1.29, 1.82) is 0 Å². The summed E-state index contributed by atoms with van der Waals surface area (Å²) in [5.74, 6) is 2.62. The van der Waals surface area contributed by atoms with Crippen LogP contribution in [0.25, 0.3) is 0 Å². The van der Waals surface area contributed by atoms with E-state index in [4.69, 9.17) is 0 Å². The van der Waals surface area contributed by atoms with E-state index < -0.39 is 0 Å². The quantitative estimate of drug-likeness (QED) is 0.798. The molecule has 1 saturated heterocycles. The Morgan fingerprint density at radius 2 is 2.11 bits per heavy atom. The van der Waals surface area contributed by atoms with Crippen molar-refractivity contribution in [2.45, 2.75) is 38.1 Å². The monoisotopic (exact) mass is 261 g/mol. The molecule has 2 saturated carbocycles. The predicted octanol–water partition coefficient (Wildman–Crippen LogP) is 3.46. The average Bonchev–Trinajstić information content (AvgIpc) is 2.93. The van der Waals surface area contributed by atoms with Crippen molar-refractivity contribution in [1.82, 2.24) is 4.90 Å². The molecule has 3 heteroatoms. The van der Waals surface area contributed by atoms with E-state index in [0.29, 0.717) is 17.9 Å². The zero-order chi connectivity index (χ0) is 12.1. The van der Waals surface area contributed by atoms with E-state index in [1.807, 2.05) is 0 Å². The molecule has 3 aliphatic rings. The summed E-state index contributed by atoms with van der Waals surface area (Å²) in [6.07, 6.45) is 6.09. The van der Waals surface area contributed by atoms with Gasteiger partial charge in [-0.15, -0.1) is 11.3 Å². The lowest BCUT2D eigenvalue weighted by molar-refractivity contribution is -0.136. The summed E-state index contributed by atoms with van der Waals surface area (Å²) in [5, 5.41) is 2.13. The Morgan fingerprint density at radius 1 is 1.28 bits per heavy atom. The van der Waals surface area contributed by atoms with Gasteiger partial charge in [0, 0.05) is 17.3 Å². The van der Waals surface area contributed by atoms with Crippen molar-refractivity contribution in [2.75, 3.05) is 6.54 Å². The molecule has 0 bridgehead atoms. The number of hydrogen-bond acceptors (Lipinski definition) is 2. The third kappa shape index (κ3) is 1.71. The van der Waals surface area contributed by atoms with E-state index in [-0.39, 0.29) is 0 Å². The fourth-order valence-electron chi connectivity index (χ4n) is 3.96. The summed E-state index contributed by atoms with van der Waals surface area (Å²) < 4.78 is 0. The minimum atomic E-state index is 0.356. The Balaban J connectivity index is 1.51. The Morgan fingerprint density at radius 3 is 2.83 bits per heavy atom. The summed E-state index contributed by atoms with van der Waals surface area (Å²) >= 11 is 1.80. The van der Waals surface area contributed by atoms with Gasteiger partial charge in [-0.25, -0.2) is 0 Å². The van der Waals surface area contributed by atoms with Crippen LogP contribution in [0.4, 0.5) is 0 Å². The van der Waals surface area contributed by atoms with E-state index in [1.165, 1.54) is 30.6 Å². The molecular formula is C15H19NOS. The number of amides is 1. The van der Waals surface area contributed by atoms with E-state index >= 15 is 0 Å². The fraction of sp³-hybridized carbons (Fsp3) is 0.667. The van der Waals surface area contributed by atoms with Gasteiger partial charge in [-0.05, 0) is 55.4 Å². The van der Waals surface area contributed by atoms with Crippen molar-refractivity contribution in [3.63, 3.8) is 0 Å². The number of carbonyl (C=O) groups excluding carboxylic acids is 1. The number of carbonyl (C=O) groups is 1. The molecule has 0 spiro atoms. The zero-order valence-corrected chi connectivity index (χ0v) is 11.4. The summed E-state index contributed by atoms with van der Waals surface area (Å²) in [4.78, 5) is 16.2. The standard InChI is InChI=1S/C15H19NOS/c17-15(12-8-10-7-11(10)9-12)16-5-1-3-13(16)14-4-2-6-18-14/h2,4,6,10-13H,1,3,5,7-9H2. The molecule has 1 aromatic rings. The maximum atomic E-state index is 12.6. The SMILES string of the molecule is O=C(C1CC2CC2C1)N1CCCC1c1cccs1. The van der Waals surface area contributed by atoms with Crippen LogP contribution in [0.15, 0.2) is 17.5 Å². The lowest BCUT2D eigenvalue weighted by Crippen LogP contribution is -2.35. The van der Waals surface area contributed by atoms with Crippen LogP contribution < -0.4 is 0 Å². The van der Waals surface area contributed by atoms with Crippen molar-refractivity contribution in [2.24, 2.45) is 17.8 Å². The summed E-state index contributed by atoms with van der Waals surface area (Å²) in [6.45, 7) is 0.979. The summed E-state index contributed by atoms with van der Waals surface area (Å²) in [5.41, 5.74) is 0. The Hall–Kier alpha value is -0.830. The molecule has 3 unspecified atom stereocenters. The maximum Gasteiger partial charge on any atom is 0.226 e. The van der Waals surface area contributed by atoms with Gasteiger partial charge in [-0.1, -0.05) is 6.07 Å². The van der Waals surface area contributed by atoms with Crippen LogP contribution in [0.2, 0.25) is 0 Å². The number of nitrogens with zero attached hydrogens (tertiary/aromatic N) is 1. The highest BCUT2D eigenvalue weighted by Crippen LogP contribution is 2.55. The second-order valence-corrected chi connectivity index (χ2v) is 7.11.